The molecule has 3 aromatic heterocycles. The van der Waals surface area contributed by atoms with Crippen LogP contribution in [0.5, 0.6) is 0 Å². The van der Waals surface area contributed by atoms with Gasteiger partial charge in [0.25, 0.3) is 5.56 Å². The highest BCUT2D eigenvalue weighted by Gasteiger charge is 2.18. The Morgan fingerprint density at radius 2 is 2.04 bits per heavy atom. The summed E-state index contributed by atoms with van der Waals surface area (Å²) in [4.78, 5) is 19.3. The van der Waals surface area contributed by atoms with Crippen LogP contribution < -0.4 is 5.56 Å². The number of nitrogens with zero attached hydrogens (tertiary/aromatic N) is 5. The number of fused-ring (bicyclic) bond motifs is 1. The first-order chi connectivity index (χ1) is 13.1. The molecule has 4 rings (SSSR count). The summed E-state index contributed by atoms with van der Waals surface area (Å²) >= 11 is 1.54. The summed E-state index contributed by atoms with van der Waals surface area (Å²) in [6.07, 6.45) is 2.43. The van der Waals surface area contributed by atoms with Crippen LogP contribution in [0.25, 0.3) is 15.9 Å². The van der Waals surface area contributed by atoms with Crippen LogP contribution in [-0.4, -0.2) is 19.3 Å². The van der Waals surface area contributed by atoms with Crippen LogP contribution in [-0.2, 0) is 13.0 Å². The first-order valence-corrected chi connectivity index (χ1v) is 9.46. The lowest BCUT2D eigenvalue weighted by atomic mass is 10.2. The van der Waals surface area contributed by atoms with Crippen molar-refractivity contribution in [3.8, 4) is 11.8 Å². The van der Waals surface area contributed by atoms with Crippen LogP contribution >= 0.6 is 11.3 Å². The van der Waals surface area contributed by atoms with Crippen LogP contribution in [0.2, 0.25) is 0 Å². The number of benzene rings is 1. The minimum atomic E-state index is -0.0988. The molecule has 134 valence electrons. The van der Waals surface area contributed by atoms with Crippen molar-refractivity contribution in [3.63, 3.8) is 0 Å². The zero-order chi connectivity index (χ0) is 19.0. The molecule has 0 saturated heterocycles. The zero-order valence-corrected chi connectivity index (χ0v) is 15.8. The van der Waals surface area contributed by atoms with E-state index in [1.807, 2.05) is 36.4 Å². The molecule has 0 N–H and O–H groups in total. The van der Waals surface area contributed by atoms with Crippen molar-refractivity contribution in [3.05, 3.63) is 74.9 Å². The Morgan fingerprint density at radius 1 is 1.26 bits per heavy atom. The molecule has 0 fully saturated rings. The molecule has 0 aliphatic heterocycles. The summed E-state index contributed by atoms with van der Waals surface area (Å²) in [6.45, 7) is 4.10. The van der Waals surface area contributed by atoms with E-state index in [1.165, 1.54) is 0 Å². The van der Waals surface area contributed by atoms with Crippen LogP contribution in [0.4, 0.5) is 0 Å². The van der Waals surface area contributed by atoms with Crippen LogP contribution in [0.1, 0.15) is 28.8 Å². The molecule has 0 unspecified atom stereocenters. The van der Waals surface area contributed by atoms with E-state index in [0.29, 0.717) is 22.3 Å². The molecule has 0 spiro atoms. The van der Waals surface area contributed by atoms with Gasteiger partial charge in [0.2, 0.25) is 0 Å². The van der Waals surface area contributed by atoms with Gasteiger partial charge >= 0.3 is 0 Å². The maximum atomic E-state index is 12.9. The van der Waals surface area contributed by atoms with Gasteiger partial charge in [-0.1, -0.05) is 25.1 Å². The molecule has 0 atom stereocenters. The third kappa shape index (κ3) is 2.94. The average molecular weight is 375 g/mol. The van der Waals surface area contributed by atoms with Gasteiger partial charge in [-0.3, -0.25) is 9.36 Å². The fourth-order valence-corrected chi connectivity index (χ4v) is 4.03. The van der Waals surface area contributed by atoms with Crippen molar-refractivity contribution in [1.82, 2.24) is 19.3 Å². The summed E-state index contributed by atoms with van der Waals surface area (Å²) in [6, 6.07) is 13.7. The van der Waals surface area contributed by atoms with E-state index >= 15 is 0 Å². The Morgan fingerprint density at radius 3 is 2.74 bits per heavy atom. The lowest BCUT2D eigenvalue weighted by molar-refractivity contribution is 0.689. The lowest BCUT2D eigenvalue weighted by Gasteiger charge is -2.09. The number of nitriles is 1. The van der Waals surface area contributed by atoms with Gasteiger partial charge in [0.1, 0.15) is 10.9 Å². The van der Waals surface area contributed by atoms with Gasteiger partial charge < -0.3 is 0 Å². The fraction of sp³-hybridized carbons (Fsp3) is 0.200. The number of aromatic nitrogens is 4. The van der Waals surface area contributed by atoms with Gasteiger partial charge in [-0.2, -0.15) is 10.4 Å². The van der Waals surface area contributed by atoms with Crippen LogP contribution in [0.3, 0.4) is 0 Å². The molecular formula is C20H17N5OS. The predicted molar refractivity (Wildman–Crippen MR) is 105 cm³/mol. The Bertz CT molecular complexity index is 1230. The van der Waals surface area contributed by atoms with E-state index < -0.39 is 0 Å². The van der Waals surface area contributed by atoms with Gasteiger partial charge in [-0.05, 0) is 31.5 Å². The molecule has 0 amide bonds. The standard InChI is InChI=1S/C20H17N5OS/c1-3-15-9-16-19(27-15)22-12-24(20(16)26)11-18-17(10-21)13(2)23-25(18)14-7-5-4-6-8-14/h4-9,12H,3,11H2,1-2H3. The number of rotatable bonds is 4. The second kappa shape index (κ2) is 6.82. The second-order valence-electron chi connectivity index (χ2n) is 6.23. The lowest BCUT2D eigenvalue weighted by Crippen LogP contribution is -2.22. The second-order valence-corrected chi connectivity index (χ2v) is 7.34. The van der Waals surface area contributed by atoms with E-state index in [2.05, 4.69) is 23.1 Å². The highest BCUT2D eigenvalue weighted by Crippen LogP contribution is 2.22. The molecule has 0 saturated carbocycles. The fourth-order valence-electron chi connectivity index (χ4n) is 3.11. The molecule has 3 heterocycles. The number of thiophene rings is 1. The van der Waals surface area contributed by atoms with Crippen molar-refractivity contribution in [1.29, 1.82) is 5.26 Å². The van der Waals surface area contributed by atoms with E-state index in [1.54, 1.807) is 33.8 Å². The topological polar surface area (TPSA) is 76.5 Å². The third-order valence-corrected chi connectivity index (χ3v) is 5.69. The molecule has 0 radical (unpaired) electrons. The van der Waals surface area contributed by atoms with E-state index in [9.17, 15) is 10.1 Å². The Labute approximate surface area is 160 Å². The minimum Gasteiger partial charge on any atom is -0.293 e. The first kappa shape index (κ1) is 17.2. The third-order valence-electron chi connectivity index (χ3n) is 4.51. The first-order valence-electron chi connectivity index (χ1n) is 8.64. The minimum absolute atomic E-state index is 0.0988. The summed E-state index contributed by atoms with van der Waals surface area (Å²) in [5, 5.41) is 14.8. The van der Waals surface area contributed by atoms with Crippen molar-refractivity contribution in [2.24, 2.45) is 0 Å². The van der Waals surface area contributed by atoms with Gasteiger partial charge in [-0.15, -0.1) is 11.3 Å². The van der Waals surface area contributed by atoms with Gasteiger partial charge in [-0.25, -0.2) is 9.67 Å². The normalized spacial score (nSPS) is 11.0. The van der Waals surface area contributed by atoms with Crippen molar-refractivity contribution >= 4 is 21.6 Å². The highest BCUT2D eigenvalue weighted by atomic mass is 32.1. The quantitative estimate of drug-likeness (QED) is 0.547. The molecule has 0 aliphatic carbocycles. The Balaban J connectivity index is 1.86. The van der Waals surface area contributed by atoms with Crippen molar-refractivity contribution < 1.29 is 0 Å². The van der Waals surface area contributed by atoms with Crippen molar-refractivity contribution in [2.75, 3.05) is 0 Å². The summed E-state index contributed by atoms with van der Waals surface area (Å²) < 4.78 is 3.28. The van der Waals surface area contributed by atoms with Crippen LogP contribution in [0, 0.1) is 18.3 Å². The molecule has 6 nitrogen and oxygen atoms in total. The van der Waals surface area contributed by atoms with Gasteiger partial charge in [0.05, 0.1) is 40.9 Å². The summed E-state index contributed by atoms with van der Waals surface area (Å²) in [7, 11) is 0. The van der Waals surface area contributed by atoms with E-state index in [0.717, 1.165) is 21.8 Å². The van der Waals surface area contributed by atoms with E-state index in [-0.39, 0.29) is 12.1 Å². The van der Waals surface area contributed by atoms with E-state index in [4.69, 9.17) is 0 Å². The highest BCUT2D eigenvalue weighted by molar-refractivity contribution is 7.18. The molecular weight excluding hydrogens is 358 g/mol. The SMILES string of the molecule is CCc1cc2c(=O)n(Cc3c(C#N)c(C)nn3-c3ccccc3)cnc2s1. The maximum Gasteiger partial charge on any atom is 0.262 e. The molecule has 7 heteroatoms. The number of aryl methyl sites for hydroxylation is 2. The smallest absolute Gasteiger partial charge is 0.262 e. The summed E-state index contributed by atoms with van der Waals surface area (Å²) in [5.74, 6) is 0. The number of hydrogen-bond acceptors (Lipinski definition) is 5. The predicted octanol–water partition coefficient (Wildman–Crippen LogP) is 3.43. The molecule has 27 heavy (non-hydrogen) atoms. The van der Waals surface area contributed by atoms with Crippen molar-refractivity contribution in [2.45, 2.75) is 26.8 Å². The Hall–Kier alpha value is -3.24. The van der Waals surface area contributed by atoms with Crippen LogP contribution in [0.15, 0.2) is 47.5 Å². The Kier molecular flexibility index (Phi) is 4.34. The van der Waals surface area contributed by atoms with Gasteiger partial charge in [0.15, 0.2) is 0 Å². The zero-order valence-electron chi connectivity index (χ0n) is 15.0. The molecule has 0 aliphatic rings. The van der Waals surface area contributed by atoms with Gasteiger partial charge in [0, 0.05) is 4.88 Å². The summed E-state index contributed by atoms with van der Waals surface area (Å²) in [5.41, 5.74) is 2.56. The number of para-hydroxylation sites is 1. The maximum absolute atomic E-state index is 12.9. The molecule has 1 aromatic carbocycles. The number of hydrogen-bond donors (Lipinski definition) is 0. The monoisotopic (exact) mass is 375 g/mol. The molecule has 0 bridgehead atoms. The largest absolute Gasteiger partial charge is 0.293 e. The average Bonchev–Trinajstić information content (AvgIpc) is 3.26. The molecule has 4 aromatic rings.